The Morgan fingerprint density at radius 1 is 1.03 bits per heavy atom. The van der Waals surface area contributed by atoms with Crippen LogP contribution in [0.15, 0.2) is 40.8 Å². The summed E-state index contributed by atoms with van der Waals surface area (Å²) in [7, 11) is -4.01. The van der Waals surface area contributed by atoms with E-state index in [9.17, 15) is 18.4 Å². The summed E-state index contributed by atoms with van der Waals surface area (Å²) in [5.41, 5.74) is 2.65. The number of unbranched alkanes of at least 4 members (excludes halogenated alkanes) is 1. The standard InChI is InChI=1S/C26H38N4O6S.2ClH/c1-3-4-19-35-23-9-6-22(7-10-23)29-15-17-30(18-16-29)37(33,34)26(25(31)27-32)11-13-28(14-12-26)20-24-8-5-21(2)36-24;;/h5-10,32H,3-4,11-20H2,1-2H3,(H,27,31);2*1H. The van der Waals surface area contributed by atoms with E-state index in [1.54, 1.807) is 5.48 Å². The van der Waals surface area contributed by atoms with Gasteiger partial charge in [0.25, 0.3) is 5.91 Å². The third kappa shape index (κ3) is 7.39. The molecule has 0 saturated carbocycles. The van der Waals surface area contributed by atoms with E-state index in [1.807, 2.05) is 43.3 Å². The number of nitrogens with one attached hydrogen (secondary N) is 1. The smallest absolute Gasteiger partial charge is 0.266 e. The highest BCUT2D eigenvalue weighted by atomic mass is 35.5. The minimum Gasteiger partial charge on any atom is -0.494 e. The number of piperazine rings is 1. The van der Waals surface area contributed by atoms with Gasteiger partial charge < -0.3 is 14.1 Å². The molecule has 3 heterocycles. The number of aryl methyl sites for hydroxylation is 1. The van der Waals surface area contributed by atoms with Gasteiger partial charge >= 0.3 is 0 Å². The van der Waals surface area contributed by atoms with E-state index in [0.29, 0.717) is 39.3 Å². The Kier molecular flexibility index (Phi) is 12.4. The Balaban J connectivity index is 0.00000267. The van der Waals surface area contributed by atoms with Gasteiger partial charge in [0.2, 0.25) is 10.0 Å². The van der Waals surface area contributed by atoms with Crippen molar-refractivity contribution in [3.8, 4) is 5.75 Å². The number of nitrogens with zero attached hydrogens (tertiary/aromatic N) is 3. The quantitative estimate of drug-likeness (QED) is 0.239. The molecule has 0 radical (unpaired) electrons. The van der Waals surface area contributed by atoms with Crippen LogP contribution in [0.3, 0.4) is 0 Å². The van der Waals surface area contributed by atoms with Gasteiger partial charge in [0.1, 0.15) is 17.3 Å². The number of sulfonamides is 1. The maximum Gasteiger partial charge on any atom is 0.266 e. The number of carbonyl (C=O) groups is 1. The highest BCUT2D eigenvalue weighted by molar-refractivity contribution is 7.91. The average molecular weight is 608 g/mol. The minimum atomic E-state index is -4.01. The van der Waals surface area contributed by atoms with Gasteiger partial charge in [-0.1, -0.05) is 13.3 Å². The van der Waals surface area contributed by atoms with Crippen molar-refractivity contribution in [2.45, 2.75) is 50.8 Å². The lowest BCUT2D eigenvalue weighted by Crippen LogP contribution is -2.63. The fraction of sp³-hybridized carbons (Fsp3) is 0.577. The first-order valence-corrected chi connectivity index (χ1v) is 14.4. The van der Waals surface area contributed by atoms with Crippen LogP contribution in [0, 0.1) is 6.92 Å². The van der Waals surface area contributed by atoms with Gasteiger partial charge in [-0.2, -0.15) is 4.31 Å². The zero-order valence-electron chi connectivity index (χ0n) is 22.5. The molecule has 0 bridgehead atoms. The van der Waals surface area contributed by atoms with Crippen molar-refractivity contribution in [3.63, 3.8) is 0 Å². The zero-order chi connectivity index (χ0) is 26.5. The second-order valence-electron chi connectivity index (χ2n) is 9.81. The van der Waals surface area contributed by atoms with Crippen molar-refractivity contribution in [3.05, 3.63) is 47.9 Å². The number of halogens is 2. The summed E-state index contributed by atoms with van der Waals surface area (Å²) in [6.07, 6.45) is 2.29. The van der Waals surface area contributed by atoms with Gasteiger partial charge in [-0.15, -0.1) is 24.8 Å². The van der Waals surface area contributed by atoms with Crippen LogP contribution in [0.25, 0.3) is 0 Å². The highest BCUT2D eigenvalue weighted by Gasteiger charge is 2.55. The number of carbonyl (C=O) groups excluding carboxylic acids is 1. The van der Waals surface area contributed by atoms with E-state index in [1.165, 1.54) is 4.31 Å². The van der Waals surface area contributed by atoms with E-state index < -0.39 is 20.7 Å². The number of anilines is 1. The number of amides is 1. The van der Waals surface area contributed by atoms with Gasteiger partial charge in [-0.25, -0.2) is 13.9 Å². The summed E-state index contributed by atoms with van der Waals surface area (Å²) in [4.78, 5) is 17.0. The largest absolute Gasteiger partial charge is 0.494 e. The maximum atomic E-state index is 13.8. The van der Waals surface area contributed by atoms with E-state index in [2.05, 4.69) is 16.7 Å². The summed E-state index contributed by atoms with van der Waals surface area (Å²) in [6, 6.07) is 11.6. The van der Waals surface area contributed by atoms with E-state index in [0.717, 1.165) is 35.8 Å². The van der Waals surface area contributed by atoms with Crippen LogP contribution in [0.2, 0.25) is 0 Å². The summed E-state index contributed by atoms with van der Waals surface area (Å²) in [5.74, 6) is 1.58. The third-order valence-corrected chi connectivity index (χ3v) is 10.0. The number of furan rings is 1. The average Bonchev–Trinajstić information content (AvgIpc) is 3.33. The van der Waals surface area contributed by atoms with Gasteiger partial charge in [-0.3, -0.25) is 14.9 Å². The van der Waals surface area contributed by atoms with Crippen LogP contribution in [-0.4, -0.2) is 79.4 Å². The lowest BCUT2D eigenvalue weighted by atomic mass is 9.95. The molecule has 2 fully saturated rings. The highest BCUT2D eigenvalue weighted by Crippen LogP contribution is 2.35. The first kappa shape index (κ1) is 33.2. The zero-order valence-corrected chi connectivity index (χ0v) is 25.0. The summed E-state index contributed by atoms with van der Waals surface area (Å²) in [6.45, 7) is 7.60. The SMILES string of the molecule is CCCCOc1ccc(N2CCN(S(=O)(=O)C3(C(=O)NO)CCN(Cc4ccc(C)o4)CC3)CC2)cc1.Cl.Cl. The predicted octanol–water partition coefficient (Wildman–Crippen LogP) is 3.60. The molecular formula is C26H40Cl2N4O6S. The lowest BCUT2D eigenvalue weighted by molar-refractivity contribution is -0.133. The number of likely N-dealkylation sites (tertiary alicyclic amines) is 1. The van der Waals surface area contributed by atoms with Gasteiger partial charge in [0.05, 0.1) is 13.2 Å². The molecule has 2 aliphatic rings. The molecule has 13 heteroatoms. The molecule has 10 nitrogen and oxygen atoms in total. The van der Waals surface area contributed by atoms with Crippen molar-refractivity contribution >= 4 is 46.4 Å². The van der Waals surface area contributed by atoms with Crippen molar-refractivity contribution < 1.29 is 27.6 Å². The fourth-order valence-electron chi connectivity index (χ4n) is 5.09. The first-order valence-electron chi connectivity index (χ1n) is 13.0. The molecule has 0 unspecified atom stereocenters. The molecule has 0 aliphatic carbocycles. The molecule has 1 amide bonds. The van der Waals surface area contributed by atoms with E-state index in [4.69, 9.17) is 9.15 Å². The number of hydrogen-bond acceptors (Lipinski definition) is 8. The van der Waals surface area contributed by atoms with E-state index >= 15 is 0 Å². The number of hydroxylamine groups is 1. The lowest BCUT2D eigenvalue weighted by Gasteiger charge is -2.44. The number of rotatable bonds is 10. The number of benzene rings is 1. The normalized spacial score (nSPS) is 18.1. The Bertz CT molecular complexity index is 1150. The molecular weight excluding hydrogens is 567 g/mol. The Morgan fingerprint density at radius 3 is 2.21 bits per heavy atom. The van der Waals surface area contributed by atoms with E-state index in [-0.39, 0.29) is 50.7 Å². The maximum absolute atomic E-state index is 13.8. The van der Waals surface area contributed by atoms with Gasteiger partial charge in [0.15, 0.2) is 4.75 Å². The van der Waals surface area contributed by atoms with Crippen LogP contribution < -0.4 is 15.1 Å². The summed E-state index contributed by atoms with van der Waals surface area (Å²) < 4.78 is 38.7. The molecule has 220 valence electrons. The van der Waals surface area contributed by atoms with Crippen LogP contribution in [0.5, 0.6) is 5.75 Å². The molecule has 39 heavy (non-hydrogen) atoms. The molecule has 0 spiro atoms. The Morgan fingerprint density at radius 2 is 1.67 bits per heavy atom. The first-order chi connectivity index (χ1) is 17.8. The number of ether oxygens (including phenoxy) is 1. The summed E-state index contributed by atoms with van der Waals surface area (Å²) in [5, 5.41) is 9.47. The monoisotopic (exact) mass is 606 g/mol. The fourth-order valence-corrected chi connectivity index (χ4v) is 7.20. The van der Waals surface area contributed by atoms with Crippen molar-refractivity contribution in [1.82, 2.24) is 14.7 Å². The predicted molar refractivity (Wildman–Crippen MR) is 155 cm³/mol. The second kappa shape index (κ2) is 14.6. The topological polar surface area (TPSA) is 116 Å². The number of piperidine rings is 1. The van der Waals surface area contributed by atoms with Crippen molar-refractivity contribution in [1.29, 1.82) is 0 Å². The molecule has 1 aromatic heterocycles. The molecule has 0 atom stereocenters. The molecule has 2 N–H and O–H groups in total. The van der Waals surface area contributed by atoms with Gasteiger partial charge in [-0.05, 0) is 62.6 Å². The van der Waals surface area contributed by atoms with Crippen LogP contribution in [-0.2, 0) is 21.4 Å². The third-order valence-electron chi connectivity index (χ3n) is 7.40. The second-order valence-corrected chi connectivity index (χ2v) is 12.1. The molecule has 4 rings (SSSR count). The Hall–Kier alpha value is -2.02. The van der Waals surface area contributed by atoms with Gasteiger partial charge in [0, 0.05) is 45.0 Å². The Labute approximate surface area is 243 Å². The molecule has 2 saturated heterocycles. The molecule has 2 aliphatic heterocycles. The summed E-state index contributed by atoms with van der Waals surface area (Å²) >= 11 is 0. The number of hydrogen-bond donors (Lipinski definition) is 2. The van der Waals surface area contributed by atoms with Crippen LogP contribution >= 0.6 is 24.8 Å². The molecule has 2 aromatic rings. The van der Waals surface area contributed by atoms with Crippen molar-refractivity contribution in [2.75, 3.05) is 50.8 Å². The minimum absolute atomic E-state index is 0. The van der Waals surface area contributed by atoms with Crippen LogP contribution in [0.4, 0.5) is 5.69 Å². The van der Waals surface area contributed by atoms with Crippen molar-refractivity contribution in [2.24, 2.45) is 0 Å². The molecule has 1 aromatic carbocycles. The van der Waals surface area contributed by atoms with Crippen LogP contribution in [0.1, 0.15) is 44.1 Å².